The Kier molecular flexibility index (Phi) is 4.85. The first-order chi connectivity index (χ1) is 9.20. The predicted molar refractivity (Wildman–Crippen MR) is 73.1 cm³/mol. The van der Waals surface area contributed by atoms with Crippen LogP contribution in [-0.4, -0.2) is 31.7 Å². The van der Waals surface area contributed by atoms with E-state index in [1.807, 2.05) is 12.1 Å². The lowest BCUT2D eigenvalue weighted by Gasteiger charge is -2.26. The molecule has 1 unspecified atom stereocenters. The Morgan fingerprint density at radius 3 is 2.84 bits per heavy atom. The van der Waals surface area contributed by atoms with Gasteiger partial charge in [0.2, 0.25) is 0 Å². The van der Waals surface area contributed by atoms with Gasteiger partial charge in [-0.3, -0.25) is 4.79 Å². The SMILES string of the molecule is CCOC(=O)C(N)Cc1ccc(N2CCCCC2)o1. The summed E-state index contributed by atoms with van der Waals surface area (Å²) >= 11 is 0. The molecule has 2 rings (SSSR count). The maximum atomic E-state index is 11.5. The third-order valence-corrected chi connectivity index (χ3v) is 3.33. The van der Waals surface area contributed by atoms with Crippen LogP contribution in [-0.2, 0) is 16.0 Å². The monoisotopic (exact) mass is 266 g/mol. The van der Waals surface area contributed by atoms with Gasteiger partial charge in [0.25, 0.3) is 0 Å². The van der Waals surface area contributed by atoms with Gasteiger partial charge < -0.3 is 19.8 Å². The van der Waals surface area contributed by atoms with Crippen LogP contribution < -0.4 is 10.6 Å². The van der Waals surface area contributed by atoms with Crippen molar-refractivity contribution in [3.05, 3.63) is 17.9 Å². The maximum absolute atomic E-state index is 11.5. The van der Waals surface area contributed by atoms with Crippen LogP contribution in [0.25, 0.3) is 0 Å². The molecule has 0 saturated carbocycles. The Balaban J connectivity index is 1.91. The van der Waals surface area contributed by atoms with Crippen molar-refractivity contribution in [1.82, 2.24) is 0 Å². The van der Waals surface area contributed by atoms with Crippen LogP contribution in [0, 0.1) is 0 Å². The number of esters is 1. The van der Waals surface area contributed by atoms with Crippen LogP contribution in [0.4, 0.5) is 5.88 Å². The number of furan rings is 1. The number of rotatable bonds is 5. The second-order valence-corrected chi connectivity index (χ2v) is 4.85. The fourth-order valence-electron chi connectivity index (χ4n) is 2.31. The van der Waals surface area contributed by atoms with Gasteiger partial charge in [-0.05, 0) is 32.3 Å². The highest BCUT2D eigenvalue weighted by Crippen LogP contribution is 2.23. The average molecular weight is 266 g/mol. The highest BCUT2D eigenvalue weighted by molar-refractivity contribution is 5.75. The number of hydrogen-bond acceptors (Lipinski definition) is 5. The Hall–Kier alpha value is -1.49. The molecule has 1 aliphatic rings. The van der Waals surface area contributed by atoms with E-state index in [1.54, 1.807) is 6.92 Å². The lowest BCUT2D eigenvalue weighted by molar-refractivity contribution is -0.144. The molecule has 0 aliphatic carbocycles. The van der Waals surface area contributed by atoms with Gasteiger partial charge in [-0.2, -0.15) is 0 Å². The zero-order valence-corrected chi connectivity index (χ0v) is 11.4. The molecule has 5 nitrogen and oxygen atoms in total. The van der Waals surface area contributed by atoms with Crippen LogP contribution in [0.1, 0.15) is 31.9 Å². The number of nitrogens with two attached hydrogens (primary N) is 1. The molecule has 1 fully saturated rings. The Labute approximate surface area is 113 Å². The zero-order chi connectivity index (χ0) is 13.7. The minimum atomic E-state index is -0.652. The fraction of sp³-hybridized carbons (Fsp3) is 0.643. The van der Waals surface area contributed by atoms with Gasteiger partial charge >= 0.3 is 5.97 Å². The van der Waals surface area contributed by atoms with E-state index in [-0.39, 0.29) is 5.97 Å². The summed E-state index contributed by atoms with van der Waals surface area (Å²) < 4.78 is 10.6. The molecule has 2 N–H and O–H groups in total. The molecule has 1 aromatic heterocycles. The molecule has 19 heavy (non-hydrogen) atoms. The standard InChI is InChI=1S/C14H22N2O3/c1-2-18-14(17)12(15)10-11-6-7-13(19-11)16-8-4-3-5-9-16/h6-7,12H,2-5,8-10,15H2,1H3. The van der Waals surface area contributed by atoms with Crippen molar-refractivity contribution in [2.24, 2.45) is 5.73 Å². The van der Waals surface area contributed by atoms with Crippen molar-refractivity contribution in [2.75, 3.05) is 24.6 Å². The molecule has 0 aromatic carbocycles. The maximum Gasteiger partial charge on any atom is 0.323 e. The van der Waals surface area contributed by atoms with E-state index < -0.39 is 6.04 Å². The molecular weight excluding hydrogens is 244 g/mol. The zero-order valence-electron chi connectivity index (χ0n) is 11.4. The van der Waals surface area contributed by atoms with Crippen molar-refractivity contribution >= 4 is 11.9 Å². The van der Waals surface area contributed by atoms with Crippen LogP contribution >= 0.6 is 0 Å². The molecule has 2 heterocycles. The van der Waals surface area contributed by atoms with Gasteiger partial charge in [0.1, 0.15) is 11.8 Å². The molecule has 0 bridgehead atoms. The van der Waals surface area contributed by atoms with Gasteiger partial charge in [-0.15, -0.1) is 0 Å². The van der Waals surface area contributed by atoms with E-state index in [0.717, 1.165) is 24.7 Å². The fourth-order valence-corrected chi connectivity index (χ4v) is 2.31. The minimum Gasteiger partial charge on any atom is -0.465 e. The third kappa shape index (κ3) is 3.73. The molecule has 1 aromatic rings. The molecular formula is C14H22N2O3. The first kappa shape index (κ1) is 13.9. The lowest BCUT2D eigenvalue weighted by atomic mass is 10.1. The summed E-state index contributed by atoms with van der Waals surface area (Å²) in [4.78, 5) is 13.7. The number of nitrogens with zero attached hydrogens (tertiary/aromatic N) is 1. The third-order valence-electron chi connectivity index (χ3n) is 3.33. The molecule has 1 aliphatic heterocycles. The van der Waals surface area contributed by atoms with E-state index in [4.69, 9.17) is 14.9 Å². The van der Waals surface area contributed by atoms with Crippen molar-refractivity contribution in [1.29, 1.82) is 0 Å². The van der Waals surface area contributed by atoms with Crippen molar-refractivity contribution in [2.45, 2.75) is 38.6 Å². The van der Waals surface area contributed by atoms with E-state index in [0.29, 0.717) is 13.0 Å². The second-order valence-electron chi connectivity index (χ2n) is 4.85. The molecule has 0 spiro atoms. The summed E-state index contributed by atoms with van der Waals surface area (Å²) in [6, 6.07) is 3.20. The number of piperidine rings is 1. The van der Waals surface area contributed by atoms with Crippen LogP contribution in [0.2, 0.25) is 0 Å². The highest BCUT2D eigenvalue weighted by atomic mass is 16.5. The van der Waals surface area contributed by atoms with E-state index >= 15 is 0 Å². The quantitative estimate of drug-likeness (QED) is 0.822. The summed E-state index contributed by atoms with van der Waals surface area (Å²) in [6.07, 6.45) is 4.08. The summed E-state index contributed by atoms with van der Waals surface area (Å²) in [7, 11) is 0. The highest BCUT2D eigenvalue weighted by Gasteiger charge is 2.19. The molecule has 0 amide bonds. The topological polar surface area (TPSA) is 68.7 Å². The molecule has 106 valence electrons. The summed E-state index contributed by atoms with van der Waals surface area (Å²) in [5.41, 5.74) is 5.77. The Morgan fingerprint density at radius 2 is 2.16 bits per heavy atom. The minimum absolute atomic E-state index is 0.351. The Morgan fingerprint density at radius 1 is 1.42 bits per heavy atom. The van der Waals surface area contributed by atoms with Gasteiger partial charge in [0.05, 0.1) is 6.61 Å². The van der Waals surface area contributed by atoms with Gasteiger partial charge in [-0.1, -0.05) is 0 Å². The smallest absolute Gasteiger partial charge is 0.323 e. The Bertz CT molecular complexity index is 411. The van der Waals surface area contributed by atoms with Gasteiger partial charge in [-0.25, -0.2) is 0 Å². The normalized spacial score (nSPS) is 17.3. The number of hydrogen-bond donors (Lipinski definition) is 1. The molecule has 0 radical (unpaired) electrons. The first-order valence-corrected chi connectivity index (χ1v) is 6.96. The summed E-state index contributed by atoms with van der Waals surface area (Å²) in [5.74, 6) is 1.24. The van der Waals surface area contributed by atoms with E-state index in [9.17, 15) is 4.79 Å². The van der Waals surface area contributed by atoms with Gasteiger partial charge in [0, 0.05) is 25.6 Å². The van der Waals surface area contributed by atoms with E-state index in [2.05, 4.69) is 4.90 Å². The molecule has 5 heteroatoms. The van der Waals surface area contributed by atoms with Crippen molar-refractivity contribution in [3.63, 3.8) is 0 Å². The van der Waals surface area contributed by atoms with Crippen molar-refractivity contribution < 1.29 is 13.9 Å². The van der Waals surface area contributed by atoms with Crippen LogP contribution in [0.5, 0.6) is 0 Å². The van der Waals surface area contributed by atoms with Crippen LogP contribution in [0.15, 0.2) is 16.5 Å². The largest absolute Gasteiger partial charge is 0.465 e. The lowest BCUT2D eigenvalue weighted by Crippen LogP contribution is -2.34. The predicted octanol–water partition coefficient (Wildman–Crippen LogP) is 1.70. The second kappa shape index (κ2) is 6.61. The first-order valence-electron chi connectivity index (χ1n) is 6.96. The summed E-state index contributed by atoms with van der Waals surface area (Å²) in [6.45, 7) is 4.20. The number of carbonyl (C=O) groups excluding carboxylic acids is 1. The summed E-state index contributed by atoms with van der Waals surface area (Å²) in [5, 5.41) is 0. The van der Waals surface area contributed by atoms with E-state index in [1.165, 1.54) is 19.3 Å². The molecule has 1 atom stereocenters. The van der Waals surface area contributed by atoms with Gasteiger partial charge in [0.15, 0.2) is 5.88 Å². The average Bonchev–Trinajstić information content (AvgIpc) is 2.88. The molecule has 1 saturated heterocycles. The van der Waals surface area contributed by atoms with Crippen molar-refractivity contribution in [3.8, 4) is 0 Å². The van der Waals surface area contributed by atoms with Crippen LogP contribution in [0.3, 0.4) is 0 Å². The number of ether oxygens (including phenoxy) is 1. The number of anilines is 1. The number of carbonyl (C=O) groups is 1.